The van der Waals surface area contributed by atoms with Gasteiger partial charge < -0.3 is 19.6 Å². The molecule has 1 aromatic carbocycles. The zero-order valence-electron chi connectivity index (χ0n) is 15.1. The molecule has 0 unspecified atom stereocenters. The van der Waals surface area contributed by atoms with Crippen LogP contribution in [0.3, 0.4) is 0 Å². The normalized spacial score (nSPS) is 14.2. The van der Waals surface area contributed by atoms with Crippen LogP contribution in [0.5, 0.6) is 5.75 Å². The van der Waals surface area contributed by atoms with E-state index in [1.807, 2.05) is 31.2 Å². The smallest absolute Gasteiger partial charge is 0.303 e. The number of benzene rings is 1. The maximum atomic E-state index is 12.3. The summed E-state index contributed by atoms with van der Waals surface area (Å²) in [6.07, 6.45) is 0.903. The van der Waals surface area contributed by atoms with Crippen LogP contribution in [0.4, 0.5) is 0 Å². The molecule has 7 heteroatoms. The third-order valence-corrected chi connectivity index (χ3v) is 4.43. The first-order chi connectivity index (χ1) is 12.5. The van der Waals surface area contributed by atoms with Crippen LogP contribution in [0.1, 0.15) is 31.2 Å². The van der Waals surface area contributed by atoms with Crippen molar-refractivity contribution in [3.8, 4) is 5.75 Å². The summed E-state index contributed by atoms with van der Waals surface area (Å²) >= 11 is 0. The van der Waals surface area contributed by atoms with E-state index in [4.69, 9.17) is 9.84 Å². The predicted molar refractivity (Wildman–Crippen MR) is 95.9 cm³/mol. The number of hydrogen-bond acceptors (Lipinski definition) is 4. The third kappa shape index (κ3) is 6.06. The van der Waals surface area contributed by atoms with Gasteiger partial charge in [0.1, 0.15) is 5.75 Å². The number of amides is 2. The van der Waals surface area contributed by atoms with Gasteiger partial charge in [-0.1, -0.05) is 18.2 Å². The first-order valence-electron chi connectivity index (χ1n) is 8.93. The summed E-state index contributed by atoms with van der Waals surface area (Å²) in [6.45, 7) is 4.30. The van der Waals surface area contributed by atoms with Crippen LogP contribution < -0.4 is 4.74 Å². The van der Waals surface area contributed by atoms with E-state index in [2.05, 4.69) is 0 Å². The second kappa shape index (κ2) is 9.79. The van der Waals surface area contributed by atoms with E-state index in [1.165, 1.54) is 0 Å². The van der Waals surface area contributed by atoms with Crippen molar-refractivity contribution in [2.24, 2.45) is 0 Å². The molecule has 0 spiro atoms. The standard InChI is InChI=1S/C19H26N2O5/c1-15-5-2-3-6-16(15)26-14-9-18(23)21-12-10-20(11-13-21)17(22)7-4-8-19(24)25/h2-3,5-6H,4,7-14H2,1H3,(H,24,25). The van der Waals surface area contributed by atoms with E-state index in [0.29, 0.717) is 45.6 Å². The van der Waals surface area contributed by atoms with Crippen molar-refractivity contribution in [2.45, 2.75) is 32.6 Å². The largest absolute Gasteiger partial charge is 0.493 e. The number of ether oxygens (including phenoxy) is 1. The number of carboxylic acid groups (broad SMARTS) is 1. The molecule has 1 fully saturated rings. The number of aliphatic carboxylic acids is 1. The number of carbonyl (C=O) groups is 3. The molecule has 1 saturated heterocycles. The summed E-state index contributed by atoms with van der Waals surface area (Å²) < 4.78 is 5.66. The number of para-hydroxylation sites is 1. The van der Waals surface area contributed by atoms with E-state index < -0.39 is 5.97 Å². The molecule has 1 aliphatic rings. The van der Waals surface area contributed by atoms with Crippen LogP contribution in [0.25, 0.3) is 0 Å². The molecule has 1 N–H and O–H groups in total. The SMILES string of the molecule is Cc1ccccc1OCCC(=O)N1CCN(C(=O)CCCC(=O)O)CC1. The highest BCUT2D eigenvalue weighted by molar-refractivity contribution is 5.79. The van der Waals surface area contributed by atoms with Gasteiger partial charge in [-0.2, -0.15) is 0 Å². The Morgan fingerprint density at radius 1 is 0.962 bits per heavy atom. The zero-order chi connectivity index (χ0) is 18.9. The Balaban J connectivity index is 1.67. The zero-order valence-corrected chi connectivity index (χ0v) is 15.1. The summed E-state index contributed by atoms with van der Waals surface area (Å²) in [5, 5.41) is 8.61. The molecule has 7 nitrogen and oxygen atoms in total. The lowest BCUT2D eigenvalue weighted by atomic mass is 10.2. The molecule has 2 amide bonds. The molecule has 0 aliphatic carbocycles. The van der Waals surface area contributed by atoms with Crippen molar-refractivity contribution >= 4 is 17.8 Å². The van der Waals surface area contributed by atoms with Crippen LogP contribution in [-0.2, 0) is 14.4 Å². The van der Waals surface area contributed by atoms with E-state index in [1.54, 1.807) is 9.80 Å². The minimum atomic E-state index is -0.888. The van der Waals surface area contributed by atoms with E-state index in [9.17, 15) is 14.4 Å². The minimum Gasteiger partial charge on any atom is -0.493 e. The molecule has 1 heterocycles. The molecule has 142 valence electrons. The van der Waals surface area contributed by atoms with Gasteiger partial charge in [0.25, 0.3) is 0 Å². The van der Waals surface area contributed by atoms with Crippen LogP contribution in [0.15, 0.2) is 24.3 Å². The van der Waals surface area contributed by atoms with Crippen LogP contribution in [0, 0.1) is 6.92 Å². The van der Waals surface area contributed by atoms with Crippen LogP contribution >= 0.6 is 0 Å². The summed E-state index contributed by atoms with van der Waals surface area (Å²) in [5.74, 6) is -0.115. The predicted octanol–water partition coefficient (Wildman–Crippen LogP) is 1.69. The molecular weight excluding hydrogens is 336 g/mol. The van der Waals surface area contributed by atoms with Gasteiger partial charge in [-0.15, -0.1) is 0 Å². The average Bonchev–Trinajstić information content (AvgIpc) is 2.63. The fourth-order valence-corrected chi connectivity index (χ4v) is 2.88. The Labute approximate surface area is 153 Å². The highest BCUT2D eigenvalue weighted by Crippen LogP contribution is 2.16. The lowest BCUT2D eigenvalue weighted by molar-refractivity contribution is -0.140. The number of hydrogen-bond donors (Lipinski definition) is 1. The average molecular weight is 362 g/mol. The van der Waals surface area contributed by atoms with Crippen molar-refractivity contribution in [3.63, 3.8) is 0 Å². The molecule has 0 radical (unpaired) electrons. The topological polar surface area (TPSA) is 87.2 Å². The Bertz CT molecular complexity index is 639. The van der Waals surface area contributed by atoms with Crippen molar-refractivity contribution in [1.29, 1.82) is 0 Å². The first-order valence-corrected chi connectivity index (χ1v) is 8.93. The van der Waals surface area contributed by atoms with Gasteiger partial charge in [-0.25, -0.2) is 0 Å². The molecule has 1 aliphatic heterocycles. The van der Waals surface area contributed by atoms with Crippen molar-refractivity contribution in [2.75, 3.05) is 32.8 Å². The van der Waals surface area contributed by atoms with Crippen LogP contribution in [-0.4, -0.2) is 65.5 Å². The Hall–Kier alpha value is -2.57. The van der Waals surface area contributed by atoms with Crippen molar-refractivity contribution in [3.05, 3.63) is 29.8 Å². The molecule has 0 saturated carbocycles. The van der Waals surface area contributed by atoms with Gasteiger partial charge >= 0.3 is 5.97 Å². The maximum absolute atomic E-state index is 12.3. The summed E-state index contributed by atoms with van der Waals surface area (Å²) in [7, 11) is 0. The van der Waals surface area contributed by atoms with Crippen molar-refractivity contribution in [1.82, 2.24) is 9.80 Å². The minimum absolute atomic E-state index is 0.00504. The van der Waals surface area contributed by atoms with Gasteiger partial charge in [0.05, 0.1) is 13.0 Å². The fourth-order valence-electron chi connectivity index (χ4n) is 2.88. The number of nitrogens with zero attached hydrogens (tertiary/aromatic N) is 2. The fraction of sp³-hybridized carbons (Fsp3) is 0.526. The Kier molecular flexibility index (Phi) is 7.44. The lowest BCUT2D eigenvalue weighted by Gasteiger charge is -2.35. The number of rotatable bonds is 8. The summed E-state index contributed by atoms with van der Waals surface area (Å²) in [4.78, 5) is 38.2. The lowest BCUT2D eigenvalue weighted by Crippen LogP contribution is -2.50. The molecule has 26 heavy (non-hydrogen) atoms. The Morgan fingerprint density at radius 3 is 2.12 bits per heavy atom. The van der Waals surface area contributed by atoms with Gasteiger partial charge in [0, 0.05) is 39.0 Å². The third-order valence-electron chi connectivity index (χ3n) is 4.43. The Morgan fingerprint density at radius 2 is 1.54 bits per heavy atom. The quantitative estimate of drug-likeness (QED) is 0.760. The number of aryl methyl sites for hydroxylation is 1. The van der Waals surface area contributed by atoms with E-state index >= 15 is 0 Å². The van der Waals surface area contributed by atoms with Gasteiger partial charge in [-0.05, 0) is 25.0 Å². The monoisotopic (exact) mass is 362 g/mol. The van der Waals surface area contributed by atoms with E-state index in [0.717, 1.165) is 11.3 Å². The van der Waals surface area contributed by atoms with E-state index in [-0.39, 0.29) is 24.7 Å². The molecule has 1 aromatic rings. The molecule has 0 aromatic heterocycles. The second-order valence-corrected chi connectivity index (χ2v) is 6.37. The second-order valence-electron chi connectivity index (χ2n) is 6.37. The summed E-state index contributed by atoms with van der Waals surface area (Å²) in [6, 6.07) is 7.69. The summed E-state index contributed by atoms with van der Waals surface area (Å²) in [5.41, 5.74) is 1.04. The van der Waals surface area contributed by atoms with Gasteiger partial charge in [-0.3, -0.25) is 14.4 Å². The highest BCUT2D eigenvalue weighted by Gasteiger charge is 2.23. The molecule has 0 atom stereocenters. The number of piperazine rings is 1. The molecule has 0 bridgehead atoms. The number of carboxylic acids is 1. The number of carbonyl (C=O) groups excluding carboxylic acids is 2. The highest BCUT2D eigenvalue weighted by atomic mass is 16.5. The van der Waals surface area contributed by atoms with Gasteiger partial charge in [0.15, 0.2) is 0 Å². The molecular formula is C19H26N2O5. The van der Waals surface area contributed by atoms with Crippen molar-refractivity contribution < 1.29 is 24.2 Å². The molecule has 2 rings (SSSR count). The first kappa shape index (κ1) is 19.8. The maximum Gasteiger partial charge on any atom is 0.303 e. The van der Waals surface area contributed by atoms with Gasteiger partial charge in [0.2, 0.25) is 11.8 Å². The van der Waals surface area contributed by atoms with Crippen LogP contribution in [0.2, 0.25) is 0 Å².